The molecule has 0 saturated carbocycles. The van der Waals surface area contributed by atoms with Crippen LogP contribution in [-0.4, -0.2) is 30.6 Å². The molecule has 3 rings (SSSR count). The number of aromatic nitrogens is 1. The fourth-order valence-corrected chi connectivity index (χ4v) is 3.28. The average Bonchev–Trinajstić information content (AvgIpc) is 2.69. The van der Waals surface area contributed by atoms with E-state index in [1.807, 2.05) is 24.3 Å². The number of fused-ring (bicyclic) bond motifs is 1. The Hall–Kier alpha value is -2.14. The molecule has 154 valence electrons. The van der Waals surface area contributed by atoms with Gasteiger partial charge in [0.2, 0.25) is 0 Å². The maximum absolute atomic E-state index is 12.5. The number of hydrogen-bond acceptors (Lipinski definition) is 4. The Labute approximate surface area is 182 Å². The van der Waals surface area contributed by atoms with Gasteiger partial charge in [-0.05, 0) is 62.8 Å². The average molecular weight is 433 g/mol. The lowest BCUT2D eigenvalue weighted by atomic mass is 9.94. The molecule has 0 unspecified atom stereocenters. The molecular weight excluding hydrogens is 407 g/mol. The van der Waals surface area contributed by atoms with E-state index in [2.05, 4.69) is 24.1 Å². The lowest BCUT2D eigenvalue weighted by Gasteiger charge is -2.15. The van der Waals surface area contributed by atoms with Crippen molar-refractivity contribution in [3.05, 3.63) is 63.8 Å². The summed E-state index contributed by atoms with van der Waals surface area (Å²) >= 11 is 12.2. The highest BCUT2D eigenvalue weighted by atomic mass is 35.5. The summed E-state index contributed by atoms with van der Waals surface area (Å²) < 4.78 is 5.24. The number of hydrogen-bond donors (Lipinski definition) is 1. The van der Waals surface area contributed by atoms with Crippen LogP contribution in [0.25, 0.3) is 22.0 Å². The first-order chi connectivity index (χ1) is 13.9. The van der Waals surface area contributed by atoms with Gasteiger partial charge in [0.15, 0.2) is 0 Å². The van der Waals surface area contributed by atoms with Crippen LogP contribution in [0.2, 0.25) is 10.0 Å². The van der Waals surface area contributed by atoms with Gasteiger partial charge >= 0.3 is 5.97 Å². The summed E-state index contributed by atoms with van der Waals surface area (Å²) in [6.07, 6.45) is 0. The van der Waals surface area contributed by atoms with Gasteiger partial charge in [0, 0.05) is 21.0 Å². The highest BCUT2D eigenvalue weighted by Crippen LogP contribution is 2.35. The zero-order valence-electron chi connectivity index (χ0n) is 17.2. The first-order valence-corrected chi connectivity index (χ1v) is 10.4. The van der Waals surface area contributed by atoms with E-state index in [9.17, 15) is 4.79 Å². The predicted molar refractivity (Wildman–Crippen MR) is 122 cm³/mol. The van der Waals surface area contributed by atoms with Crippen LogP contribution < -0.4 is 5.32 Å². The first kappa shape index (κ1) is 23.1. The van der Waals surface area contributed by atoms with E-state index in [0.29, 0.717) is 27.9 Å². The minimum Gasteiger partial charge on any atom is -0.462 e. The Morgan fingerprint density at radius 1 is 1.00 bits per heavy atom. The lowest BCUT2D eigenvalue weighted by Crippen LogP contribution is -2.10. The van der Waals surface area contributed by atoms with Crippen LogP contribution in [-0.2, 0) is 4.74 Å². The Bertz CT molecular complexity index is 971. The van der Waals surface area contributed by atoms with Crippen molar-refractivity contribution in [1.29, 1.82) is 0 Å². The fraction of sp³-hybridized carbons (Fsp3) is 0.304. The minimum atomic E-state index is -0.394. The van der Waals surface area contributed by atoms with Gasteiger partial charge in [0.05, 0.1) is 23.4 Å². The molecule has 0 atom stereocenters. The third-order valence-corrected chi connectivity index (χ3v) is 4.73. The number of pyridine rings is 1. The van der Waals surface area contributed by atoms with E-state index in [0.717, 1.165) is 35.1 Å². The third kappa shape index (κ3) is 5.92. The Kier molecular flexibility index (Phi) is 8.90. The van der Waals surface area contributed by atoms with Crippen LogP contribution in [0.3, 0.4) is 0 Å². The molecule has 3 aromatic rings. The summed E-state index contributed by atoms with van der Waals surface area (Å²) in [6.45, 7) is 10.3. The molecule has 0 saturated heterocycles. The van der Waals surface area contributed by atoms with E-state index < -0.39 is 5.97 Å². The largest absolute Gasteiger partial charge is 0.462 e. The number of nitrogens with one attached hydrogen (secondary N) is 1. The van der Waals surface area contributed by atoms with Crippen molar-refractivity contribution in [3.63, 3.8) is 0 Å². The second-order valence-corrected chi connectivity index (χ2v) is 7.17. The molecule has 0 aliphatic rings. The lowest BCUT2D eigenvalue weighted by molar-refractivity contribution is 0.0526. The van der Waals surface area contributed by atoms with Crippen molar-refractivity contribution in [1.82, 2.24) is 10.3 Å². The summed E-state index contributed by atoms with van der Waals surface area (Å²) in [5.41, 5.74) is 3.47. The van der Waals surface area contributed by atoms with Gasteiger partial charge in [-0.3, -0.25) is 4.98 Å². The Balaban J connectivity index is 0.000000537. The third-order valence-electron chi connectivity index (χ3n) is 4.24. The molecule has 1 aromatic heterocycles. The summed E-state index contributed by atoms with van der Waals surface area (Å²) in [5, 5.41) is 5.13. The van der Waals surface area contributed by atoms with Gasteiger partial charge in [-0.15, -0.1) is 0 Å². The zero-order chi connectivity index (χ0) is 21.4. The van der Waals surface area contributed by atoms with Gasteiger partial charge in [0.25, 0.3) is 0 Å². The summed E-state index contributed by atoms with van der Waals surface area (Å²) in [5.74, 6) is -0.394. The van der Waals surface area contributed by atoms with Crippen molar-refractivity contribution < 1.29 is 9.53 Å². The minimum absolute atomic E-state index is 0.298. The number of benzene rings is 2. The number of esters is 1. The number of halogens is 2. The van der Waals surface area contributed by atoms with Crippen LogP contribution >= 0.6 is 23.2 Å². The molecule has 0 amide bonds. The topological polar surface area (TPSA) is 51.2 Å². The second kappa shape index (κ2) is 11.1. The van der Waals surface area contributed by atoms with E-state index in [1.54, 1.807) is 32.0 Å². The van der Waals surface area contributed by atoms with Gasteiger partial charge in [-0.2, -0.15) is 0 Å². The van der Waals surface area contributed by atoms with E-state index >= 15 is 0 Å². The van der Waals surface area contributed by atoms with Crippen LogP contribution in [0.4, 0.5) is 0 Å². The molecule has 0 radical (unpaired) electrons. The second-order valence-electron chi connectivity index (χ2n) is 6.29. The number of carbonyl (C=O) groups excluding carboxylic acids is 1. The van der Waals surface area contributed by atoms with Crippen molar-refractivity contribution in [2.24, 2.45) is 0 Å². The molecule has 0 fully saturated rings. The zero-order valence-corrected chi connectivity index (χ0v) is 18.7. The number of rotatable bonds is 5. The monoisotopic (exact) mass is 432 g/mol. The number of nitrogens with zero attached hydrogens (tertiary/aromatic N) is 1. The SMILES string of the molecule is CCNCC.CCOC(=O)c1c(C)nc2ccc(Cl)cc2c1-c1ccc(Cl)cc1. The number of carbonyl (C=O) groups is 1. The van der Waals surface area contributed by atoms with Crippen LogP contribution in [0.15, 0.2) is 42.5 Å². The highest BCUT2D eigenvalue weighted by Gasteiger charge is 2.21. The van der Waals surface area contributed by atoms with Crippen molar-refractivity contribution in [2.45, 2.75) is 27.7 Å². The van der Waals surface area contributed by atoms with E-state index in [4.69, 9.17) is 27.9 Å². The van der Waals surface area contributed by atoms with Crippen LogP contribution in [0.1, 0.15) is 36.8 Å². The molecule has 1 N–H and O–H groups in total. The van der Waals surface area contributed by atoms with E-state index in [1.165, 1.54) is 0 Å². The standard InChI is InChI=1S/C19H15Cl2NO2.C4H11N/c1-3-24-19(23)17-11(2)22-16-9-8-14(21)10-15(16)18(17)12-4-6-13(20)7-5-12;1-3-5-4-2/h4-10H,3H2,1-2H3;5H,3-4H2,1-2H3. The molecular formula is C23H26Cl2N2O2. The molecule has 0 bridgehead atoms. The fourth-order valence-electron chi connectivity index (χ4n) is 2.98. The van der Waals surface area contributed by atoms with Crippen molar-refractivity contribution in [2.75, 3.05) is 19.7 Å². The first-order valence-electron chi connectivity index (χ1n) is 9.66. The molecule has 0 spiro atoms. The Morgan fingerprint density at radius 2 is 1.62 bits per heavy atom. The number of aryl methyl sites for hydroxylation is 1. The summed E-state index contributed by atoms with van der Waals surface area (Å²) in [6, 6.07) is 12.8. The molecule has 4 nitrogen and oxygen atoms in total. The molecule has 2 aromatic carbocycles. The predicted octanol–water partition coefficient (Wildman–Crippen LogP) is 6.31. The summed E-state index contributed by atoms with van der Waals surface area (Å²) in [7, 11) is 0. The smallest absolute Gasteiger partial charge is 0.340 e. The number of ether oxygens (including phenoxy) is 1. The maximum Gasteiger partial charge on any atom is 0.340 e. The molecule has 6 heteroatoms. The molecule has 29 heavy (non-hydrogen) atoms. The molecule has 0 aliphatic carbocycles. The van der Waals surface area contributed by atoms with Crippen molar-refractivity contribution >= 4 is 40.1 Å². The van der Waals surface area contributed by atoms with Gasteiger partial charge in [-0.25, -0.2) is 4.79 Å². The Morgan fingerprint density at radius 3 is 2.17 bits per heavy atom. The van der Waals surface area contributed by atoms with E-state index in [-0.39, 0.29) is 0 Å². The summed E-state index contributed by atoms with van der Waals surface area (Å²) in [4.78, 5) is 17.1. The normalized spacial score (nSPS) is 10.4. The van der Waals surface area contributed by atoms with Gasteiger partial charge < -0.3 is 10.1 Å². The van der Waals surface area contributed by atoms with Gasteiger partial charge in [-0.1, -0.05) is 49.2 Å². The maximum atomic E-state index is 12.5. The van der Waals surface area contributed by atoms with Gasteiger partial charge in [0.1, 0.15) is 0 Å². The molecule has 0 aliphatic heterocycles. The molecule has 1 heterocycles. The quantitative estimate of drug-likeness (QED) is 0.479. The van der Waals surface area contributed by atoms with Crippen LogP contribution in [0.5, 0.6) is 0 Å². The highest BCUT2D eigenvalue weighted by molar-refractivity contribution is 6.31. The van der Waals surface area contributed by atoms with Crippen LogP contribution in [0, 0.1) is 6.92 Å². The van der Waals surface area contributed by atoms with Crippen molar-refractivity contribution in [3.8, 4) is 11.1 Å².